The molecule has 0 spiro atoms. The summed E-state index contributed by atoms with van der Waals surface area (Å²) in [5.74, 6) is 1.17. The molecule has 2 nitrogen and oxygen atoms in total. The minimum absolute atomic E-state index is 0.0469. The molecule has 1 unspecified atom stereocenters. The Morgan fingerprint density at radius 1 is 1.24 bits per heavy atom. The van der Waals surface area contributed by atoms with Crippen molar-refractivity contribution in [2.24, 2.45) is 0 Å². The maximum Gasteiger partial charge on any atom is 0.137 e. The van der Waals surface area contributed by atoms with Crippen molar-refractivity contribution in [1.82, 2.24) is 0 Å². The third-order valence-electron chi connectivity index (χ3n) is 2.93. The molecule has 0 radical (unpaired) electrons. The van der Waals surface area contributed by atoms with E-state index in [0.717, 1.165) is 30.6 Å². The number of unbranched alkanes of at least 4 members (excludes halogenated alkanes) is 1. The topological polar surface area (TPSA) is 26.3 Å². The lowest BCUT2D eigenvalue weighted by Gasteiger charge is -2.14. The van der Waals surface area contributed by atoms with E-state index in [2.05, 4.69) is 6.92 Å². The van der Waals surface area contributed by atoms with Crippen molar-refractivity contribution in [2.75, 3.05) is 6.61 Å². The number of rotatable bonds is 7. The van der Waals surface area contributed by atoms with Gasteiger partial charge in [-0.3, -0.25) is 4.79 Å². The summed E-state index contributed by atoms with van der Waals surface area (Å²) in [5, 5.41) is 0. The van der Waals surface area contributed by atoms with Crippen LogP contribution in [0.5, 0.6) is 5.75 Å². The highest BCUT2D eigenvalue weighted by atomic mass is 16.5. The standard InChI is InChI=1S/C15H22O2/c1-4-6-7-15(12(3)16)13-8-10-14(11-9-13)17-5-2/h8-11,15H,4-7H2,1-3H3. The molecule has 17 heavy (non-hydrogen) atoms. The van der Waals surface area contributed by atoms with Gasteiger partial charge in [0, 0.05) is 5.92 Å². The van der Waals surface area contributed by atoms with E-state index in [1.165, 1.54) is 0 Å². The van der Waals surface area contributed by atoms with Gasteiger partial charge in [0.05, 0.1) is 6.61 Å². The quantitative estimate of drug-likeness (QED) is 0.714. The first-order valence-corrected chi connectivity index (χ1v) is 6.42. The van der Waals surface area contributed by atoms with Gasteiger partial charge in [0.2, 0.25) is 0 Å². The first kappa shape index (κ1) is 13.8. The van der Waals surface area contributed by atoms with Gasteiger partial charge in [-0.25, -0.2) is 0 Å². The van der Waals surface area contributed by atoms with Crippen LogP contribution in [0.15, 0.2) is 24.3 Å². The molecule has 1 atom stereocenters. The van der Waals surface area contributed by atoms with Crippen molar-refractivity contribution in [3.63, 3.8) is 0 Å². The fourth-order valence-electron chi connectivity index (χ4n) is 1.98. The van der Waals surface area contributed by atoms with Crippen LogP contribution in [0.1, 0.15) is 51.5 Å². The van der Waals surface area contributed by atoms with Crippen LogP contribution in [-0.4, -0.2) is 12.4 Å². The zero-order valence-electron chi connectivity index (χ0n) is 11.0. The maximum atomic E-state index is 11.6. The molecule has 2 heteroatoms. The van der Waals surface area contributed by atoms with E-state index in [1.807, 2.05) is 31.2 Å². The lowest BCUT2D eigenvalue weighted by atomic mass is 9.90. The molecule has 1 aromatic rings. The number of ketones is 1. The Labute approximate surface area is 104 Å². The molecule has 1 aromatic carbocycles. The van der Waals surface area contributed by atoms with Gasteiger partial charge in [-0.2, -0.15) is 0 Å². The van der Waals surface area contributed by atoms with E-state index in [4.69, 9.17) is 4.74 Å². The Morgan fingerprint density at radius 3 is 2.35 bits per heavy atom. The van der Waals surface area contributed by atoms with Crippen molar-refractivity contribution in [1.29, 1.82) is 0 Å². The Kier molecular flexibility index (Phi) is 5.75. The highest BCUT2D eigenvalue weighted by molar-refractivity contribution is 5.83. The summed E-state index contributed by atoms with van der Waals surface area (Å²) in [7, 11) is 0. The molecular formula is C15H22O2. The third-order valence-corrected chi connectivity index (χ3v) is 2.93. The normalized spacial score (nSPS) is 12.2. The van der Waals surface area contributed by atoms with E-state index >= 15 is 0 Å². The van der Waals surface area contributed by atoms with Gasteiger partial charge in [-0.15, -0.1) is 0 Å². The van der Waals surface area contributed by atoms with Gasteiger partial charge in [0.25, 0.3) is 0 Å². The highest BCUT2D eigenvalue weighted by Crippen LogP contribution is 2.25. The summed E-state index contributed by atoms with van der Waals surface area (Å²) < 4.78 is 5.40. The molecule has 0 N–H and O–H groups in total. The molecule has 0 bridgehead atoms. The summed E-state index contributed by atoms with van der Waals surface area (Å²) in [6.45, 7) is 6.46. The summed E-state index contributed by atoms with van der Waals surface area (Å²) in [5.41, 5.74) is 1.11. The maximum absolute atomic E-state index is 11.6. The molecule has 0 fully saturated rings. The molecule has 0 aliphatic heterocycles. The molecule has 0 saturated heterocycles. The van der Waals surface area contributed by atoms with Crippen LogP contribution in [0, 0.1) is 0 Å². The monoisotopic (exact) mass is 234 g/mol. The predicted octanol–water partition coefficient (Wildman–Crippen LogP) is 3.95. The van der Waals surface area contributed by atoms with Crippen LogP contribution in [-0.2, 0) is 4.79 Å². The van der Waals surface area contributed by atoms with E-state index in [0.29, 0.717) is 6.61 Å². The number of benzene rings is 1. The SMILES string of the molecule is CCCCC(C(C)=O)c1ccc(OCC)cc1. The molecular weight excluding hydrogens is 212 g/mol. The lowest BCUT2D eigenvalue weighted by Crippen LogP contribution is -2.08. The first-order valence-electron chi connectivity index (χ1n) is 6.42. The summed E-state index contributed by atoms with van der Waals surface area (Å²) >= 11 is 0. The predicted molar refractivity (Wildman–Crippen MR) is 70.6 cm³/mol. The zero-order valence-corrected chi connectivity index (χ0v) is 11.0. The summed E-state index contributed by atoms with van der Waals surface area (Å²) in [6.07, 6.45) is 3.16. The van der Waals surface area contributed by atoms with Crippen LogP contribution in [0.2, 0.25) is 0 Å². The number of carbonyl (C=O) groups is 1. The number of ether oxygens (including phenoxy) is 1. The molecule has 1 rings (SSSR count). The van der Waals surface area contributed by atoms with Gasteiger partial charge in [0.1, 0.15) is 11.5 Å². The average Bonchev–Trinajstić information content (AvgIpc) is 2.31. The van der Waals surface area contributed by atoms with Crippen LogP contribution >= 0.6 is 0 Å². The van der Waals surface area contributed by atoms with Crippen molar-refractivity contribution in [3.8, 4) is 5.75 Å². The van der Waals surface area contributed by atoms with Crippen LogP contribution in [0.3, 0.4) is 0 Å². The average molecular weight is 234 g/mol. The summed E-state index contributed by atoms with van der Waals surface area (Å²) in [6, 6.07) is 7.90. The number of hydrogen-bond donors (Lipinski definition) is 0. The molecule has 0 amide bonds. The second kappa shape index (κ2) is 7.10. The van der Waals surface area contributed by atoms with Gasteiger partial charge >= 0.3 is 0 Å². The second-order valence-corrected chi connectivity index (χ2v) is 4.31. The van der Waals surface area contributed by atoms with Crippen molar-refractivity contribution in [2.45, 2.75) is 46.0 Å². The fraction of sp³-hybridized carbons (Fsp3) is 0.533. The van der Waals surface area contributed by atoms with Gasteiger partial charge in [-0.05, 0) is 38.0 Å². The molecule has 0 aliphatic carbocycles. The fourth-order valence-corrected chi connectivity index (χ4v) is 1.98. The highest BCUT2D eigenvalue weighted by Gasteiger charge is 2.15. The van der Waals surface area contributed by atoms with E-state index in [9.17, 15) is 4.79 Å². The molecule has 0 aliphatic rings. The number of hydrogen-bond acceptors (Lipinski definition) is 2. The van der Waals surface area contributed by atoms with Crippen molar-refractivity contribution in [3.05, 3.63) is 29.8 Å². The van der Waals surface area contributed by atoms with Crippen LogP contribution < -0.4 is 4.74 Å². The van der Waals surface area contributed by atoms with Crippen LogP contribution in [0.25, 0.3) is 0 Å². The third kappa shape index (κ3) is 4.22. The Hall–Kier alpha value is -1.31. The minimum Gasteiger partial charge on any atom is -0.494 e. The Bertz CT molecular complexity index is 340. The number of carbonyl (C=O) groups excluding carboxylic acids is 1. The first-order chi connectivity index (χ1) is 8.19. The van der Waals surface area contributed by atoms with Gasteiger partial charge < -0.3 is 4.74 Å². The largest absolute Gasteiger partial charge is 0.494 e. The molecule has 0 saturated carbocycles. The summed E-state index contributed by atoms with van der Waals surface area (Å²) in [4.78, 5) is 11.6. The number of Topliss-reactive ketones (excluding diaryl/α,β-unsaturated/α-hetero) is 1. The second-order valence-electron chi connectivity index (χ2n) is 4.31. The van der Waals surface area contributed by atoms with Gasteiger partial charge in [0.15, 0.2) is 0 Å². The Balaban J connectivity index is 2.76. The van der Waals surface area contributed by atoms with E-state index in [-0.39, 0.29) is 11.7 Å². The van der Waals surface area contributed by atoms with Gasteiger partial charge in [-0.1, -0.05) is 31.9 Å². The zero-order chi connectivity index (χ0) is 12.7. The lowest BCUT2D eigenvalue weighted by molar-refractivity contribution is -0.118. The van der Waals surface area contributed by atoms with E-state index in [1.54, 1.807) is 6.92 Å². The smallest absolute Gasteiger partial charge is 0.137 e. The molecule has 0 heterocycles. The molecule has 94 valence electrons. The molecule has 0 aromatic heterocycles. The van der Waals surface area contributed by atoms with Crippen molar-refractivity contribution >= 4 is 5.78 Å². The van der Waals surface area contributed by atoms with E-state index < -0.39 is 0 Å². The van der Waals surface area contributed by atoms with Crippen molar-refractivity contribution < 1.29 is 9.53 Å². The Morgan fingerprint density at radius 2 is 1.88 bits per heavy atom. The minimum atomic E-state index is 0.0469. The van der Waals surface area contributed by atoms with Crippen LogP contribution in [0.4, 0.5) is 0 Å².